The van der Waals surface area contributed by atoms with Crippen LogP contribution in [-0.2, 0) is 21.3 Å². The Morgan fingerprint density at radius 2 is 1.64 bits per heavy atom. The molecule has 3 nitrogen and oxygen atoms in total. The number of hydrogen-bond acceptors (Lipinski definition) is 2. The van der Waals surface area contributed by atoms with Crippen molar-refractivity contribution in [3.63, 3.8) is 0 Å². The number of aromatic nitrogens is 1. The second-order valence-electron chi connectivity index (χ2n) is 9.39. The van der Waals surface area contributed by atoms with E-state index >= 15 is 0 Å². The van der Waals surface area contributed by atoms with Crippen LogP contribution in [0.1, 0.15) is 66.4 Å². The molecule has 0 N–H and O–H groups in total. The van der Waals surface area contributed by atoms with Crippen LogP contribution in [0.5, 0.6) is 0 Å². The Morgan fingerprint density at radius 1 is 0.964 bits per heavy atom. The lowest BCUT2D eigenvalue weighted by Gasteiger charge is -2.32. The standard InChI is InChI=1S/C24H33BNO2/c1-7-24(8-2)15-14-18-12-13-19(25-27-22(3,4)23(5,6)28-25)17-20(18)21-11-9-10-16-26(21)24/h9-13,16-17H,7-8,14-15H2,1-6H3/q+1. The summed E-state index contributed by atoms with van der Waals surface area (Å²) >= 11 is 0. The Morgan fingerprint density at radius 3 is 2.29 bits per heavy atom. The van der Waals surface area contributed by atoms with Crippen molar-refractivity contribution in [2.45, 2.75) is 84.0 Å². The fourth-order valence-corrected chi connectivity index (χ4v) is 4.68. The molecule has 4 rings (SSSR count). The van der Waals surface area contributed by atoms with Gasteiger partial charge in [-0.05, 0) is 57.3 Å². The van der Waals surface area contributed by atoms with E-state index in [-0.39, 0.29) is 23.9 Å². The van der Waals surface area contributed by atoms with E-state index in [1.165, 1.54) is 23.2 Å². The van der Waals surface area contributed by atoms with Crippen LogP contribution in [0.25, 0.3) is 11.3 Å². The lowest BCUT2D eigenvalue weighted by molar-refractivity contribution is -0.757. The zero-order valence-corrected chi connectivity index (χ0v) is 18.2. The smallest absolute Gasteiger partial charge is 0.399 e. The number of benzene rings is 1. The van der Waals surface area contributed by atoms with Gasteiger partial charge in [-0.25, -0.2) is 0 Å². The highest BCUT2D eigenvalue weighted by Crippen LogP contribution is 2.38. The molecule has 0 bridgehead atoms. The van der Waals surface area contributed by atoms with Crippen molar-refractivity contribution < 1.29 is 13.9 Å². The van der Waals surface area contributed by atoms with Crippen LogP contribution in [0, 0.1) is 0 Å². The quantitative estimate of drug-likeness (QED) is 0.584. The van der Waals surface area contributed by atoms with Gasteiger partial charge in [-0.3, -0.25) is 0 Å². The van der Waals surface area contributed by atoms with Crippen LogP contribution < -0.4 is 10.0 Å². The van der Waals surface area contributed by atoms with Gasteiger partial charge in [-0.2, -0.15) is 4.57 Å². The maximum atomic E-state index is 6.31. The zero-order chi connectivity index (χ0) is 20.2. The third-order valence-electron chi connectivity index (χ3n) is 7.48. The molecule has 0 amide bonds. The fourth-order valence-electron chi connectivity index (χ4n) is 4.68. The molecule has 1 aromatic heterocycles. The molecular formula is C24H33BNO2+. The van der Waals surface area contributed by atoms with Crippen LogP contribution in [0.3, 0.4) is 0 Å². The highest BCUT2D eigenvalue weighted by Gasteiger charge is 2.52. The molecule has 2 aliphatic heterocycles. The number of pyridine rings is 1. The minimum Gasteiger partial charge on any atom is -0.399 e. The van der Waals surface area contributed by atoms with Crippen molar-refractivity contribution in [1.29, 1.82) is 0 Å². The van der Waals surface area contributed by atoms with E-state index in [4.69, 9.17) is 9.31 Å². The van der Waals surface area contributed by atoms with Crippen LogP contribution in [0.2, 0.25) is 0 Å². The predicted molar refractivity (Wildman–Crippen MR) is 115 cm³/mol. The predicted octanol–water partition coefficient (Wildman–Crippen LogP) is 4.40. The van der Waals surface area contributed by atoms with Gasteiger partial charge in [0.1, 0.15) is 0 Å². The van der Waals surface area contributed by atoms with Crippen LogP contribution in [0.4, 0.5) is 0 Å². The Hall–Kier alpha value is -1.65. The van der Waals surface area contributed by atoms with E-state index in [0.717, 1.165) is 24.7 Å². The molecule has 0 saturated carbocycles. The summed E-state index contributed by atoms with van der Waals surface area (Å²) in [5, 5.41) is 0. The SMILES string of the molecule is CCC1(CC)CCc2ccc(B3OC(C)(C)C(C)(C)O3)cc2-c2cccc[n+]21. The minimum absolute atomic E-state index is 0.181. The molecule has 0 atom stereocenters. The monoisotopic (exact) mass is 378 g/mol. The van der Waals surface area contributed by atoms with E-state index in [1.54, 1.807) is 0 Å². The summed E-state index contributed by atoms with van der Waals surface area (Å²) in [7, 11) is -0.321. The molecule has 4 heteroatoms. The van der Waals surface area contributed by atoms with Crippen molar-refractivity contribution in [3.8, 4) is 11.3 Å². The average molecular weight is 378 g/mol. The summed E-state index contributed by atoms with van der Waals surface area (Å²) in [6.07, 6.45) is 6.82. The third-order valence-corrected chi connectivity index (χ3v) is 7.48. The number of nitrogens with zero attached hydrogens (tertiary/aromatic N) is 1. The van der Waals surface area contributed by atoms with Crippen molar-refractivity contribution in [2.24, 2.45) is 0 Å². The van der Waals surface area contributed by atoms with Crippen LogP contribution >= 0.6 is 0 Å². The van der Waals surface area contributed by atoms with Gasteiger partial charge < -0.3 is 9.31 Å². The molecule has 0 radical (unpaired) electrons. The number of fused-ring (bicyclic) bond motifs is 3. The largest absolute Gasteiger partial charge is 0.494 e. The fraction of sp³-hybridized carbons (Fsp3) is 0.542. The molecule has 3 heterocycles. The lowest BCUT2D eigenvalue weighted by Crippen LogP contribution is -2.56. The first-order valence-electron chi connectivity index (χ1n) is 10.7. The summed E-state index contributed by atoms with van der Waals surface area (Å²) in [4.78, 5) is 0. The van der Waals surface area contributed by atoms with Crippen LogP contribution in [-0.4, -0.2) is 18.3 Å². The molecule has 1 fully saturated rings. The summed E-state index contributed by atoms with van der Waals surface area (Å²) in [6.45, 7) is 13.1. The number of hydrogen-bond donors (Lipinski definition) is 0. The van der Waals surface area contributed by atoms with Crippen LogP contribution in [0.15, 0.2) is 42.6 Å². The Balaban J connectivity index is 1.81. The van der Waals surface area contributed by atoms with Crippen molar-refractivity contribution in [3.05, 3.63) is 48.2 Å². The molecular weight excluding hydrogens is 345 g/mol. The Labute approximate surface area is 170 Å². The molecule has 0 aliphatic carbocycles. The molecule has 28 heavy (non-hydrogen) atoms. The maximum absolute atomic E-state index is 6.31. The lowest BCUT2D eigenvalue weighted by atomic mass is 9.77. The van der Waals surface area contributed by atoms with E-state index < -0.39 is 0 Å². The second-order valence-corrected chi connectivity index (χ2v) is 9.39. The van der Waals surface area contributed by atoms with E-state index in [0.29, 0.717) is 0 Å². The normalized spacial score (nSPS) is 21.7. The van der Waals surface area contributed by atoms with Gasteiger partial charge in [-0.15, -0.1) is 0 Å². The van der Waals surface area contributed by atoms with Gasteiger partial charge in [0.05, 0.1) is 11.2 Å². The zero-order valence-electron chi connectivity index (χ0n) is 18.2. The summed E-state index contributed by atoms with van der Waals surface area (Å²) < 4.78 is 15.1. The van der Waals surface area contributed by atoms with Gasteiger partial charge in [0.2, 0.25) is 5.69 Å². The van der Waals surface area contributed by atoms with Gasteiger partial charge in [0, 0.05) is 37.0 Å². The number of rotatable bonds is 3. The van der Waals surface area contributed by atoms with E-state index in [1.807, 2.05) is 0 Å². The molecule has 0 spiro atoms. The first-order chi connectivity index (χ1) is 13.2. The minimum atomic E-state index is -0.323. The summed E-state index contributed by atoms with van der Waals surface area (Å²) in [5.74, 6) is 0. The van der Waals surface area contributed by atoms with Gasteiger partial charge in [-0.1, -0.05) is 26.0 Å². The Bertz CT molecular complexity index is 870. The van der Waals surface area contributed by atoms with E-state index in [2.05, 4.69) is 88.7 Å². The first-order valence-corrected chi connectivity index (χ1v) is 10.7. The molecule has 1 saturated heterocycles. The maximum Gasteiger partial charge on any atom is 0.494 e. The van der Waals surface area contributed by atoms with E-state index in [9.17, 15) is 0 Å². The van der Waals surface area contributed by atoms with Crippen molar-refractivity contribution in [2.75, 3.05) is 0 Å². The molecule has 0 unspecified atom stereocenters. The third kappa shape index (κ3) is 2.93. The van der Waals surface area contributed by atoms with Gasteiger partial charge in [0.15, 0.2) is 11.7 Å². The highest BCUT2D eigenvalue weighted by atomic mass is 16.7. The molecule has 148 valence electrons. The van der Waals surface area contributed by atoms with Gasteiger partial charge in [0.25, 0.3) is 0 Å². The molecule has 2 aromatic rings. The molecule has 2 aliphatic rings. The first kappa shape index (κ1) is 19.7. The summed E-state index contributed by atoms with van der Waals surface area (Å²) in [5.41, 5.74) is 4.68. The Kier molecular flexibility index (Phi) is 4.71. The molecule has 1 aromatic carbocycles. The summed E-state index contributed by atoms with van der Waals surface area (Å²) in [6, 6.07) is 13.3. The van der Waals surface area contributed by atoms with Crippen molar-refractivity contribution >= 4 is 12.6 Å². The second kappa shape index (κ2) is 6.71. The highest BCUT2D eigenvalue weighted by molar-refractivity contribution is 6.62. The number of aryl methyl sites for hydroxylation is 1. The average Bonchev–Trinajstić information content (AvgIpc) is 2.82. The topological polar surface area (TPSA) is 22.3 Å². The van der Waals surface area contributed by atoms with Gasteiger partial charge >= 0.3 is 7.12 Å². The van der Waals surface area contributed by atoms with Crippen molar-refractivity contribution in [1.82, 2.24) is 0 Å².